The fourth-order valence-electron chi connectivity index (χ4n) is 4.96. The summed E-state index contributed by atoms with van der Waals surface area (Å²) in [6.45, 7) is 9.17. The first-order valence-corrected chi connectivity index (χ1v) is 10.8. The number of fused-ring (bicyclic) bond motifs is 1. The van der Waals surface area contributed by atoms with Gasteiger partial charge in [0, 0.05) is 40.3 Å². The minimum absolute atomic E-state index is 0.122. The lowest BCUT2D eigenvalue weighted by Gasteiger charge is -2.53. The minimum Gasteiger partial charge on any atom is -0.382 e. The fourth-order valence-corrected chi connectivity index (χ4v) is 4.96. The molecule has 1 unspecified atom stereocenters. The number of nitrogens with zero attached hydrogens (tertiary/aromatic N) is 2. The molecule has 5 nitrogen and oxygen atoms in total. The highest BCUT2D eigenvalue weighted by atomic mass is 19.1. The van der Waals surface area contributed by atoms with Gasteiger partial charge in [0.15, 0.2) is 0 Å². The van der Waals surface area contributed by atoms with Gasteiger partial charge in [-0.2, -0.15) is 0 Å². The van der Waals surface area contributed by atoms with Gasteiger partial charge in [-0.25, -0.2) is 4.39 Å². The Labute approximate surface area is 183 Å². The van der Waals surface area contributed by atoms with Gasteiger partial charge in [-0.1, -0.05) is 6.07 Å². The van der Waals surface area contributed by atoms with E-state index in [-0.39, 0.29) is 17.0 Å². The zero-order valence-corrected chi connectivity index (χ0v) is 18.9. The molecular formula is C25H31FN4O. The molecule has 2 N–H and O–H groups in total. The first-order valence-electron chi connectivity index (χ1n) is 10.8. The molecule has 0 aliphatic carbocycles. The Balaban J connectivity index is 1.45. The summed E-state index contributed by atoms with van der Waals surface area (Å²) < 4.78 is 14.2. The molecule has 2 aromatic rings. The first kappa shape index (κ1) is 21.5. The molecule has 0 bridgehead atoms. The van der Waals surface area contributed by atoms with Crippen LogP contribution in [0.25, 0.3) is 0 Å². The molecule has 31 heavy (non-hydrogen) atoms. The van der Waals surface area contributed by atoms with Gasteiger partial charge in [-0.15, -0.1) is 0 Å². The molecule has 0 aromatic heterocycles. The predicted octanol–water partition coefficient (Wildman–Crippen LogP) is 5.33. The molecule has 2 aliphatic rings. The third-order valence-corrected chi connectivity index (χ3v) is 6.82. The van der Waals surface area contributed by atoms with Crippen LogP contribution in [-0.2, 0) is 4.79 Å². The van der Waals surface area contributed by atoms with Gasteiger partial charge in [0.25, 0.3) is 0 Å². The van der Waals surface area contributed by atoms with Crippen molar-refractivity contribution in [1.82, 2.24) is 4.90 Å². The van der Waals surface area contributed by atoms with Gasteiger partial charge < -0.3 is 10.6 Å². The molecule has 6 heteroatoms. The molecule has 4 rings (SSSR count). The van der Waals surface area contributed by atoms with Crippen LogP contribution < -0.4 is 10.6 Å². The summed E-state index contributed by atoms with van der Waals surface area (Å²) >= 11 is 0. The third kappa shape index (κ3) is 4.22. The van der Waals surface area contributed by atoms with E-state index in [2.05, 4.69) is 55.3 Å². The molecule has 1 amide bonds. The monoisotopic (exact) mass is 422 g/mol. The molecule has 0 radical (unpaired) electrons. The van der Waals surface area contributed by atoms with Gasteiger partial charge in [0.2, 0.25) is 5.91 Å². The topological polar surface area (TPSA) is 56.7 Å². The quantitative estimate of drug-likeness (QED) is 0.655. The van der Waals surface area contributed by atoms with E-state index in [0.29, 0.717) is 17.3 Å². The van der Waals surface area contributed by atoms with Crippen molar-refractivity contribution in [3.63, 3.8) is 0 Å². The van der Waals surface area contributed by atoms with Crippen molar-refractivity contribution in [3.8, 4) is 0 Å². The lowest BCUT2D eigenvalue weighted by atomic mass is 9.77. The summed E-state index contributed by atoms with van der Waals surface area (Å²) in [5, 5.41) is 6.38. The van der Waals surface area contributed by atoms with Gasteiger partial charge in [0.1, 0.15) is 11.7 Å². The van der Waals surface area contributed by atoms with Crippen LogP contribution >= 0.6 is 0 Å². The highest BCUT2D eigenvalue weighted by molar-refractivity contribution is 6.12. The number of piperidine rings is 1. The summed E-state index contributed by atoms with van der Waals surface area (Å²) in [5.74, 6) is -1.36. The number of hydrogen-bond acceptors (Lipinski definition) is 4. The number of nitrogens with one attached hydrogen (secondary N) is 2. The number of aliphatic imine (C=N–C) groups is 1. The Morgan fingerprint density at radius 3 is 2.39 bits per heavy atom. The molecule has 1 fully saturated rings. The number of halogens is 1. The SMILES string of the molecule is CN1C(C)(C)CC(Nc2ccc(N=CC3C(=O)Nc4cccc(F)c43)cc2)CC1(C)C. The Kier molecular flexibility index (Phi) is 5.38. The van der Waals surface area contributed by atoms with Crippen molar-refractivity contribution >= 4 is 29.2 Å². The summed E-state index contributed by atoms with van der Waals surface area (Å²) in [4.78, 5) is 19.1. The van der Waals surface area contributed by atoms with Gasteiger partial charge >= 0.3 is 0 Å². The van der Waals surface area contributed by atoms with Crippen molar-refractivity contribution < 1.29 is 9.18 Å². The maximum absolute atomic E-state index is 14.2. The first-order chi connectivity index (χ1) is 14.6. The van der Waals surface area contributed by atoms with Gasteiger partial charge in [-0.3, -0.25) is 14.7 Å². The van der Waals surface area contributed by atoms with E-state index in [1.165, 1.54) is 12.3 Å². The standard InChI is InChI=1S/C25H31FN4O/c1-24(2)13-18(14-25(3,4)30(24)5)28-17-11-9-16(10-12-17)27-15-19-22-20(26)7-6-8-21(22)29-23(19)31/h6-12,15,18-19,28H,13-14H2,1-5H3,(H,29,31). The van der Waals surface area contributed by atoms with Crippen LogP contribution in [0.4, 0.5) is 21.5 Å². The number of carbonyl (C=O) groups is 1. The van der Waals surface area contributed by atoms with Crippen LogP contribution in [-0.4, -0.2) is 41.2 Å². The second kappa shape index (κ2) is 7.75. The highest BCUT2D eigenvalue weighted by Crippen LogP contribution is 2.38. The van der Waals surface area contributed by atoms with E-state index < -0.39 is 11.7 Å². The second-order valence-corrected chi connectivity index (χ2v) is 9.93. The lowest BCUT2D eigenvalue weighted by Crippen LogP contribution is -2.61. The molecule has 2 heterocycles. The molecule has 1 saturated heterocycles. The van der Waals surface area contributed by atoms with Crippen LogP contribution in [0.5, 0.6) is 0 Å². The molecule has 2 aliphatic heterocycles. The van der Waals surface area contributed by atoms with Crippen LogP contribution in [0.15, 0.2) is 47.5 Å². The number of hydrogen-bond donors (Lipinski definition) is 2. The van der Waals surface area contributed by atoms with E-state index in [4.69, 9.17) is 0 Å². The molecular weight excluding hydrogens is 391 g/mol. The summed E-state index contributed by atoms with van der Waals surface area (Å²) in [7, 11) is 2.21. The molecule has 1 atom stereocenters. The summed E-state index contributed by atoms with van der Waals surface area (Å²) in [6, 6.07) is 12.9. The van der Waals surface area contributed by atoms with Gasteiger partial charge in [0.05, 0.1) is 5.69 Å². The zero-order valence-electron chi connectivity index (χ0n) is 18.9. The average molecular weight is 423 g/mol. The second-order valence-electron chi connectivity index (χ2n) is 9.93. The van der Waals surface area contributed by atoms with Crippen molar-refractivity contribution in [1.29, 1.82) is 0 Å². The van der Waals surface area contributed by atoms with Gasteiger partial charge in [-0.05, 0) is 84.0 Å². The number of benzene rings is 2. The van der Waals surface area contributed by atoms with Crippen LogP contribution in [0.2, 0.25) is 0 Å². The van der Waals surface area contributed by atoms with Crippen LogP contribution in [0.3, 0.4) is 0 Å². The van der Waals surface area contributed by atoms with Crippen LogP contribution in [0.1, 0.15) is 52.0 Å². The van der Waals surface area contributed by atoms with Crippen molar-refractivity contribution in [3.05, 3.63) is 53.8 Å². The molecule has 2 aromatic carbocycles. The summed E-state index contributed by atoms with van der Waals surface area (Å²) in [5.41, 5.74) is 2.91. The largest absolute Gasteiger partial charge is 0.382 e. The molecule has 164 valence electrons. The maximum Gasteiger partial charge on any atom is 0.237 e. The molecule has 0 spiro atoms. The van der Waals surface area contributed by atoms with E-state index in [1.54, 1.807) is 12.1 Å². The molecule has 0 saturated carbocycles. The predicted molar refractivity (Wildman–Crippen MR) is 125 cm³/mol. The Morgan fingerprint density at radius 2 is 1.74 bits per heavy atom. The fraction of sp³-hybridized carbons (Fsp3) is 0.440. The average Bonchev–Trinajstić information content (AvgIpc) is 3.01. The summed E-state index contributed by atoms with van der Waals surface area (Å²) in [6.07, 6.45) is 3.65. The Morgan fingerprint density at radius 1 is 1.10 bits per heavy atom. The highest BCUT2D eigenvalue weighted by Gasteiger charge is 2.42. The maximum atomic E-state index is 14.2. The Hall–Kier alpha value is -2.73. The normalized spacial score (nSPS) is 23.0. The number of likely N-dealkylation sites (tertiary alicyclic amines) is 1. The number of rotatable bonds is 4. The van der Waals surface area contributed by atoms with E-state index >= 15 is 0 Å². The van der Waals surface area contributed by atoms with Crippen molar-refractivity contribution in [2.45, 2.75) is 63.6 Å². The van der Waals surface area contributed by atoms with Crippen LogP contribution in [0, 0.1) is 5.82 Å². The lowest BCUT2D eigenvalue weighted by molar-refractivity contribution is -0.115. The third-order valence-electron chi connectivity index (χ3n) is 6.82. The Bertz CT molecular complexity index is 995. The van der Waals surface area contributed by atoms with E-state index in [0.717, 1.165) is 24.2 Å². The number of carbonyl (C=O) groups excluding carboxylic acids is 1. The smallest absolute Gasteiger partial charge is 0.237 e. The van der Waals surface area contributed by atoms with E-state index in [1.807, 2.05) is 24.3 Å². The zero-order chi connectivity index (χ0) is 22.4. The minimum atomic E-state index is -0.710. The number of amides is 1. The number of anilines is 2. The van der Waals surface area contributed by atoms with Crippen molar-refractivity contribution in [2.24, 2.45) is 4.99 Å². The van der Waals surface area contributed by atoms with Crippen molar-refractivity contribution in [2.75, 3.05) is 17.7 Å². The van der Waals surface area contributed by atoms with E-state index in [9.17, 15) is 9.18 Å².